The van der Waals surface area contributed by atoms with Gasteiger partial charge in [-0.25, -0.2) is 13.5 Å². The van der Waals surface area contributed by atoms with Crippen LogP contribution < -0.4 is 0 Å². The average Bonchev–Trinajstić information content (AvgIpc) is 2.92. The van der Waals surface area contributed by atoms with Crippen molar-refractivity contribution >= 4 is 0 Å². The van der Waals surface area contributed by atoms with Gasteiger partial charge in [-0.1, -0.05) is 23.4 Å². The summed E-state index contributed by atoms with van der Waals surface area (Å²) in [5, 5.41) is 16.9. The second-order valence-corrected chi connectivity index (χ2v) is 4.69. The van der Waals surface area contributed by atoms with E-state index in [4.69, 9.17) is 5.26 Å². The van der Waals surface area contributed by atoms with Gasteiger partial charge in [0.2, 0.25) is 0 Å². The first kappa shape index (κ1) is 13.9. The zero-order valence-electron chi connectivity index (χ0n) is 11.4. The van der Waals surface area contributed by atoms with Gasteiger partial charge < -0.3 is 0 Å². The van der Waals surface area contributed by atoms with Gasteiger partial charge in [0.15, 0.2) is 5.69 Å². The molecule has 0 aliphatic rings. The highest BCUT2D eigenvalue weighted by atomic mass is 19.1. The third-order valence-electron chi connectivity index (χ3n) is 3.21. The van der Waals surface area contributed by atoms with E-state index in [1.165, 1.54) is 28.9 Å². The van der Waals surface area contributed by atoms with Gasteiger partial charge in [0, 0.05) is 6.42 Å². The van der Waals surface area contributed by atoms with E-state index < -0.39 is 5.82 Å². The van der Waals surface area contributed by atoms with Crippen molar-refractivity contribution < 1.29 is 8.78 Å². The van der Waals surface area contributed by atoms with Gasteiger partial charge in [-0.3, -0.25) is 0 Å². The fourth-order valence-corrected chi connectivity index (χ4v) is 2.16. The number of nitriles is 1. The molecule has 4 nitrogen and oxygen atoms in total. The molecule has 1 aromatic heterocycles. The average molecular weight is 296 g/mol. The highest BCUT2D eigenvalue weighted by Crippen LogP contribution is 2.17. The van der Waals surface area contributed by atoms with Crippen LogP contribution >= 0.6 is 0 Å². The number of hydrogen-bond donors (Lipinski definition) is 0. The van der Waals surface area contributed by atoms with E-state index in [0.29, 0.717) is 17.8 Å². The second kappa shape index (κ2) is 5.74. The Morgan fingerprint density at radius 3 is 2.50 bits per heavy atom. The number of hydrogen-bond acceptors (Lipinski definition) is 3. The molecule has 3 aromatic rings. The molecule has 0 fully saturated rings. The highest BCUT2D eigenvalue weighted by molar-refractivity contribution is 5.39. The normalized spacial score (nSPS) is 10.4. The molecule has 108 valence electrons. The Morgan fingerprint density at radius 2 is 1.82 bits per heavy atom. The molecule has 0 atom stereocenters. The lowest BCUT2D eigenvalue weighted by Crippen LogP contribution is -2.04. The summed E-state index contributed by atoms with van der Waals surface area (Å²) in [5.41, 5.74) is 1.97. The van der Waals surface area contributed by atoms with Crippen LogP contribution in [0.2, 0.25) is 0 Å². The monoisotopic (exact) mass is 296 g/mol. The van der Waals surface area contributed by atoms with Gasteiger partial charge >= 0.3 is 0 Å². The van der Waals surface area contributed by atoms with E-state index in [-0.39, 0.29) is 11.5 Å². The smallest absolute Gasteiger partial charge is 0.186 e. The maximum Gasteiger partial charge on any atom is 0.186 e. The maximum atomic E-state index is 13.4. The summed E-state index contributed by atoms with van der Waals surface area (Å²) in [4.78, 5) is 0. The standard InChI is InChI=1S/C16H10F2N4/c17-12-6-4-11(5-7-12)8-16-15(10-19)20-21-22(16)14-3-1-2-13(18)9-14/h1-7,9H,8H2. The largest absolute Gasteiger partial charge is 0.216 e. The van der Waals surface area contributed by atoms with E-state index in [9.17, 15) is 8.78 Å². The lowest BCUT2D eigenvalue weighted by Gasteiger charge is -2.07. The number of rotatable bonds is 3. The molecule has 1 heterocycles. The molecule has 0 radical (unpaired) electrons. The molecule has 6 heteroatoms. The minimum Gasteiger partial charge on any atom is -0.216 e. The number of nitrogens with zero attached hydrogens (tertiary/aromatic N) is 4. The molecule has 3 rings (SSSR count). The molecule has 0 aliphatic carbocycles. The fourth-order valence-electron chi connectivity index (χ4n) is 2.16. The first-order valence-corrected chi connectivity index (χ1v) is 6.52. The molecule has 0 saturated carbocycles. The molecule has 0 unspecified atom stereocenters. The Labute approximate surface area is 125 Å². The van der Waals surface area contributed by atoms with Crippen LogP contribution in [0.15, 0.2) is 48.5 Å². The maximum absolute atomic E-state index is 13.4. The van der Waals surface area contributed by atoms with Crippen LogP contribution in [0.25, 0.3) is 5.69 Å². The number of aromatic nitrogens is 3. The molecule has 2 aromatic carbocycles. The van der Waals surface area contributed by atoms with Gasteiger partial charge in [-0.05, 0) is 35.9 Å². The van der Waals surface area contributed by atoms with Crippen molar-refractivity contribution in [2.45, 2.75) is 6.42 Å². The molecule has 0 aliphatic heterocycles. The third-order valence-corrected chi connectivity index (χ3v) is 3.21. The molecule has 0 bridgehead atoms. The van der Waals surface area contributed by atoms with Gasteiger partial charge in [0.25, 0.3) is 0 Å². The van der Waals surface area contributed by atoms with Crippen molar-refractivity contribution in [2.24, 2.45) is 0 Å². The SMILES string of the molecule is N#Cc1nnn(-c2cccc(F)c2)c1Cc1ccc(F)cc1. The molecule has 22 heavy (non-hydrogen) atoms. The summed E-state index contributed by atoms with van der Waals surface area (Å²) >= 11 is 0. The first-order valence-electron chi connectivity index (χ1n) is 6.52. The van der Waals surface area contributed by atoms with Gasteiger partial charge in [0.05, 0.1) is 11.4 Å². The van der Waals surface area contributed by atoms with Crippen LogP contribution in [0.3, 0.4) is 0 Å². The highest BCUT2D eigenvalue weighted by Gasteiger charge is 2.15. The van der Waals surface area contributed by atoms with Crippen molar-refractivity contribution in [2.75, 3.05) is 0 Å². The molecule has 0 N–H and O–H groups in total. The van der Waals surface area contributed by atoms with Crippen LogP contribution in [0, 0.1) is 23.0 Å². The summed E-state index contributed by atoms with van der Waals surface area (Å²) in [6.45, 7) is 0. The van der Waals surface area contributed by atoms with Crippen molar-refractivity contribution in [1.82, 2.24) is 15.0 Å². The Bertz CT molecular complexity index is 847. The van der Waals surface area contributed by atoms with Gasteiger partial charge in [-0.15, -0.1) is 5.10 Å². The van der Waals surface area contributed by atoms with Crippen molar-refractivity contribution in [3.05, 3.63) is 77.1 Å². The lowest BCUT2D eigenvalue weighted by atomic mass is 10.1. The zero-order valence-corrected chi connectivity index (χ0v) is 11.4. The Hall–Kier alpha value is -3.07. The van der Waals surface area contributed by atoms with Gasteiger partial charge in [0.1, 0.15) is 17.7 Å². The Kier molecular flexibility index (Phi) is 3.62. The summed E-state index contributed by atoms with van der Waals surface area (Å²) < 4.78 is 27.8. The summed E-state index contributed by atoms with van der Waals surface area (Å²) in [6.07, 6.45) is 0.340. The third kappa shape index (κ3) is 2.69. The molecular formula is C16H10F2N4. The Morgan fingerprint density at radius 1 is 1.05 bits per heavy atom. The summed E-state index contributed by atoms with van der Waals surface area (Å²) in [6, 6.07) is 13.8. The minimum atomic E-state index is -0.403. The summed E-state index contributed by atoms with van der Waals surface area (Å²) in [5.74, 6) is -0.736. The lowest BCUT2D eigenvalue weighted by molar-refractivity contribution is 0.623. The van der Waals surface area contributed by atoms with Gasteiger partial charge in [-0.2, -0.15) is 5.26 Å². The zero-order chi connectivity index (χ0) is 15.5. The molecule has 0 spiro atoms. The number of benzene rings is 2. The van der Waals surface area contributed by atoms with E-state index >= 15 is 0 Å². The van der Waals surface area contributed by atoms with Crippen LogP contribution in [-0.2, 0) is 6.42 Å². The minimum absolute atomic E-state index is 0.161. The molecule has 0 amide bonds. The second-order valence-electron chi connectivity index (χ2n) is 4.69. The topological polar surface area (TPSA) is 54.5 Å². The predicted octanol–water partition coefficient (Wildman–Crippen LogP) is 3.01. The van der Waals surface area contributed by atoms with Crippen LogP contribution in [0.1, 0.15) is 17.0 Å². The fraction of sp³-hybridized carbons (Fsp3) is 0.0625. The van der Waals surface area contributed by atoms with Crippen molar-refractivity contribution in [3.63, 3.8) is 0 Å². The van der Waals surface area contributed by atoms with Crippen LogP contribution in [-0.4, -0.2) is 15.0 Å². The van der Waals surface area contributed by atoms with E-state index in [0.717, 1.165) is 5.56 Å². The van der Waals surface area contributed by atoms with Crippen molar-refractivity contribution in [1.29, 1.82) is 5.26 Å². The number of halogens is 2. The van der Waals surface area contributed by atoms with E-state index in [1.807, 2.05) is 6.07 Å². The quantitative estimate of drug-likeness (QED) is 0.746. The van der Waals surface area contributed by atoms with E-state index in [2.05, 4.69) is 10.3 Å². The summed E-state index contributed by atoms with van der Waals surface area (Å²) in [7, 11) is 0. The predicted molar refractivity (Wildman–Crippen MR) is 75.2 cm³/mol. The molecule has 0 saturated heterocycles. The van der Waals surface area contributed by atoms with Crippen molar-refractivity contribution in [3.8, 4) is 11.8 Å². The van der Waals surface area contributed by atoms with E-state index in [1.54, 1.807) is 24.3 Å². The Balaban J connectivity index is 2.04. The van der Waals surface area contributed by atoms with Crippen LogP contribution in [0.5, 0.6) is 0 Å². The first-order chi connectivity index (χ1) is 10.7. The molecular weight excluding hydrogens is 286 g/mol. The van der Waals surface area contributed by atoms with Crippen LogP contribution in [0.4, 0.5) is 8.78 Å².